The molecule has 5 nitrogen and oxygen atoms in total. The van der Waals surface area contributed by atoms with Gasteiger partial charge in [-0.3, -0.25) is 4.79 Å². The van der Waals surface area contributed by atoms with Crippen molar-refractivity contribution in [3.8, 4) is 0 Å². The smallest absolute Gasteiger partial charge is 0.314 e. The number of nitrogens with one attached hydrogen (secondary N) is 1. The van der Waals surface area contributed by atoms with Crippen LogP contribution in [0.1, 0.15) is 26.7 Å². The van der Waals surface area contributed by atoms with Crippen LogP contribution in [-0.2, 0) is 4.79 Å². The Kier molecular flexibility index (Phi) is 3.94. The van der Waals surface area contributed by atoms with Crippen molar-refractivity contribution in [3.05, 3.63) is 0 Å². The van der Waals surface area contributed by atoms with Gasteiger partial charge in [-0.05, 0) is 12.8 Å². The number of nitrogens with zero attached hydrogens (tertiary/aromatic N) is 1. The van der Waals surface area contributed by atoms with Crippen molar-refractivity contribution in [2.45, 2.75) is 32.7 Å². The Hall–Kier alpha value is -1.26. The van der Waals surface area contributed by atoms with Gasteiger partial charge in [0.2, 0.25) is 5.91 Å². The topological polar surface area (TPSA) is 75.4 Å². The molecular formula is C10H19N3O2. The molecule has 1 heterocycles. The van der Waals surface area contributed by atoms with E-state index in [0.29, 0.717) is 13.1 Å². The summed E-state index contributed by atoms with van der Waals surface area (Å²) in [6.45, 7) is 5.01. The molecule has 0 aromatic carbocycles. The molecule has 5 heteroatoms. The van der Waals surface area contributed by atoms with Crippen molar-refractivity contribution >= 4 is 11.9 Å². The highest BCUT2D eigenvalue weighted by Gasteiger charge is 2.22. The maximum absolute atomic E-state index is 11.4. The largest absolute Gasteiger partial charge is 0.353 e. The molecule has 1 saturated heterocycles. The van der Waals surface area contributed by atoms with Crippen molar-refractivity contribution in [3.63, 3.8) is 0 Å². The maximum Gasteiger partial charge on any atom is 0.314 e. The number of carbonyl (C=O) groups is 2. The number of piperidine rings is 1. The van der Waals surface area contributed by atoms with Gasteiger partial charge in [-0.2, -0.15) is 0 Å². The summed E-state index contributed by atoms with van der Waals surface area (Å²) in [4.78, 5) is 23.9. The van der Waals surface area contributed by atoms with Gasteiger partial charge in [-0.15, -0.1) is 0 Å². The van der Waals surface area contributed by atoms with Gasteiger partial charge in [0.1, 0.15) is 0 Å². The molecule has 0 aromatic heterocycles. The number of amides is 3. The van der Waals surface area contributed by atoms with Crippen molar-refractivity contribution in [2.75, 3.05) is 13.1 Å². The predicted octanol–water partition coefficient (Wildman–Crippen LogP) is 0.302. The minimum absolute atomic E-state index is 0.0131. The molecule has 1 fully saturated rings. The van der Waals surface area contributed by atoms with E-state index in [1.165, 1.54) is 0 Å². The van der Waals surface area contributed by atoms with Crippen LogP contribution in [0.4, 0.5) is 4.79 Å². The third-order valence-corrected chi connectivity index (χ3v) is 2.68. The summed E-state index contributed by atoms with van der Waals surface area (Å²) >= 11 is 0. The van der Waals surface area contributed by atoms with E-state index < -0.39 is 0 Å². The van der Waals surface area contributed by atoms with Crippen molar-refractivity contribution in [1.82, 2.24) is 10.2 Å². The van der Waals surface area contributed by atoms with Gasteiger partial charge in [-0.25, -0.2) is 4.79 Å². The molecule has 0 aromatic rings. The third kappa shape index (κ3) is 3.42. The van der Waals surface area contributed by atoms with E-state index in [1.54, 1.807) is 4.90 Å². The van der Waals surface area contributed by atoms with Gasteiger partial charge in [0.15, 0.2) is 0 Å². The Bertz CT molecular complexity index is 245. The molecule has 1 rings (SSSR count). The zero-order valence-corrected chi connectivity index (χ0v) is 9.32. The molecule has 0 unspecified atom stereocenters. The lowest BCUT2D eigenvalue weighted by molar-refractivity contribution is -0.124. The Morgan fingerprint density at radius 1 is 1.33 bits per heavy atom. The van der Waals surface area contributed by atoms with Crippen LogP contribution >= 0.6 is 0 Å². The molecule has 15 heavy (non-hydrogen) atoms. The Labute approximate surface area is 90.0 Å². The lowest BCUT2D eigenvalue weighted by Gasteiger charge is -2.31. The molecule has 3 amide bonds. The standard InChI is InChI=1S/C10H19N3O2/c1-7(2)9(14)12-8-3-5-13(6-4-8)10(11)15/h7-8H,3-6H2,1-2H3,(H2,11,15)(H,12,14). The van der Waals surface area contributed by atoms with Crippen LogP contribution in [0.15, 0.2) is 0 Å². The quantitative estimate of drug-likeness (QED) is 0.692. The van der Waals surface area contributed by atoms with Gasteiger partial charge in [0.05, 0.1) is 0 Å². The summed E-state index contributed by atoms with van der Waals surface area (Å²) in [6.07, 6.45) is 1.59. The highest BCUT2D eigenvalue weighted by molar-refractivity contribution is 5.78. The number of hydrogen-bond donors (Lipinski definition) is 2. The zero-order chi connectivity index (χ0) is 11.4. The summed E-state index contributed by atoms with van der Waals surface area (Å²) in [6, 6.07) is -0.181. The van der Waals surface area contributed by atoms with Crippen molar-refractivity contribution in [1.29, 1.82) is 0 Å². The summed E-state index contributed by atoms with van der Waals surface area (Å²) < 4.78 is 0. The van der Waals surface area contributed by atoms with Gasteiger partial charge in [-0.1, -0.05) is 13.8 Å². The summed E-state index contributed by atoms with van der Waals surface area (Å²) in [7, 11) is 0. The molecule has 0 saturated carbocycles. The average Bonchev–Trinajstić information content (AvgIpc) is 2.18. The predicted molar refractivity (Wildman–Crippen MR) is 57.2 cm³/mol. The highest BCUT2D eigenvalue weighted by Crippen LogP contribution is 2.10. The van der Waals surface area contributed by atoms with Crippen LogP contribution in [0.5, 0.6) is 0 Å². The van der Waals surface area contributed by atoms with E-state index in [0.717, 1.165) is 12.8 Å². The minimum Gasteiger partial charge on any atom is -0.353 e. The van der Waals surface area contributed by atoms with E-state index >= 15 is 0 Å². The first-order chi connectivity index (χ1) is 7.00. The first-order valence-electron chi connectivity index (χ1n) is 5.35. The van der Waals surface area contributed by atoms with E-state index in [4.69, 9.17) is 5.73 Å². The Morgan fingerprint density at radius 3 is 2.27 bits per heavy atom. The fraction of sp³-hybridized carbons (Fsp3) is 0.800. The number of carbonyl (C=O) groups excluding carboxylic acids is 2. The van der Waals surface area contributed by atoms with Crippen molar-refractivity contribution < 1.29 is 9.59 Å². The molecule has 0 bridgehead atoms. The summed E-state index contributed by atoms with van der Waals surface area (Å²) in [5, 5.41) is 2.96. The van der Waals surface area contributed by atoms with Crippen LogP contribution in [0, 0.1) is 5.92 Å². The average molecular weight is 213 g/mol. The first-order valence-corrected chi connectivity index (χ1v) is 5.35. The summed E-state index contributed by atoms with van der Waals surface area (Å²) in [5.41, 5.74) is 5.16. The molecule has 0 spiro atoms. The molecule has 1 aliphatic rings. The minimum atomic E-state index is -0.372. The number of rotatable bonds is 2. The van der Waals surface area contributed by atoms with Gasteiger partial charge < -0.3 is 16.0 Å². The molecule has 0 aliphatic carbocycles. The lowest BCUT2D eigenvalue weighted by Crippen LogP contribution is -2.48. The van der Waals surface area contributed by atoms with Crippen LogP contribution in [0.25, 0.3) is 0 Å². The number of urea groups is 1. The second-order valence-corrected chi connectivity index (χ2v) is 4.26. The van der Waals surface area contributed by atoms with Crippen LogP contribution in [-0.4, -0.2) is 36.0 Å². The normalized spacial score (nSPS) is 17.9. The SMILES string of the molecule is CC(C)C(=O)NC1CCN(C(N)=O)CC1. The summed E-state index contributed by atoms with van der Waals surface area (Å²) in [5.74, 6) is 0.0895. The van der Waals surface area contributed by atoms with Crippen LogP contribution < -0.4 is 11.1 Å². The van der Waals surface area contributed by atoms with Crippen molar-refractivity contribution in [2.24, 2.45) is 11.7 Å². The highest BCUT2D eigenvalue weighted by atomic mass is 16.2. The number of likely N-dealkylation sites (tertiary alicyclic amines) is 1. The zero-order valence-electron chi connectivity index (χ0n) is 9.32. The third-order valence-electron chi connectivity index (χ3n) is 2.68. The molecular weight excluding hydrogens is 194 g/mol. The van der Waals surface area contributed by atoms with Crippen LogP contribution in [0.3, 0.4) is 0 Å². The second-order valence-electron chi connectivity index (χ2n) is 4.26. The molecule has 86 valence electrons. The van der Waals surface area contributed by atoms with Gasteiger partial charge in [0.25, 0.3) is 0 Å². The molecule has 3 N–H and O–H groups in total. The van der Waals surface area contributed by atoms with E-state index in [-0.39, 0.29) is 23.9 Å². The number of hydrogen-bond acceptors (Lipinski definition) is 2. The second kappa shape index (κ2) is 5.00. The fourth-order valence-electron chi connectivity index (χ4n) is 1.61. The number of primary amides is 1. The Morgan fingerprint density at radius 2 is 1.87 bits per heavy atom. The molecule has 1 aliphatic heterocycles. The maximum atomic E-state index is 11.4. The van der Waals surface area contributed by atoms with E-state index in [9.17, 15) is 9.59 Å². The van der Waals surface area contributed by atoms with Crippen LogP contribution in [0.2, 0.25) is 0 Å². The fourth-order valence-corrected chi connectivity index (χ4v) is 1.61. The first kappa shape index (κ1) is 11.8. The van der Waals surface area contributed by atoms with Gasteiger partial charge >= 0.3 is 6.03 Å². The number of nitrogens with two attached hydrogens (primary N) is 1. The Balaban J connectivity index is 2.32. The van der Waals surface area contributed by atoms with E-state index in [1.807, 2.05) is 13.8 Å². The molecule has 0 atom stereocenters. The monoisotopic (exact) mass is 213 g/mol. The lowest BCUT2D eigenvalue weighted by atomic mass is 10.0. The molecule has 0 radical (unpaired) electrons. The van der Waals surface area contributed by atoms with Gasteiger partial charge in [0, 0.05) is 25.0 Å². The van der Waals surface area contributed by atoms with E-state index in [2.05, 4.69) is 5.32 Å².